The van der Waals surface area contributed by atoms with Gasteiger partial charge in [-0.05, 0) is 17.7 Å². The van der Waals surface area contributed by atoms with Crippen molar-refractivity contribution in [1.82, 2.24) is 9.38 Å². The van der Waals surface area contributed by atoms with E-state index in [-0.39, 0.29) is 5.69 Å². The number of aromatic carboxylic acids is 1. The van der Waals surface area contributed by atoms with E-state index in [4.69, 9.17) is 9.84 Å². The Morgan fingerprint density at radius 3 is 2.68 bits per heavy atom. The number of rotatable bonds is 5. The summed E-state index contributed by atoms with van der Waals surface area (Å²) in [5, 5.41) is 11.1. The molecule has 0 saturated heterocycles. The van der Waals surface area contributed by atoms with Crippen LogP contribution in [0, 0.1) is 0 Å². The summed E-state index contributed by atoms with van der Waals surface area (Å²) in [5.41, 5.74) is 2.89. The first-order valence-corrected chi connectivity index (χ1v) is 8.56. The Balaban J connectivity index is 1.70. The SMILES string of the molecule is O=C(O)c1cn2c(-c3ccccc3OCc3ccccc3)csc2n1. The number of carbonyl (C=O) groups is 1. The molecule has 5 nitrogen and oxygen atoms in total. The van der Waals surface area contributed by atoms with Crippen LogP contribution >= 0.6 is 11.3 Å². The smallest absolute Gasteiger partial charge is 0.356 e. The molecule has 0 fully saturated rings. The second-order valence-electron chi connectivity index (χ2n) is 5.48. The summed E-state index contributed by atoms with van der Waals surface area (Å²) in [6.45, 7) is 0.468. The molecule has 0 unspecified atom stereocenters. The van der Waals surface area contributed by atoms with E-state index in [1.54, 1.807) is 4.40 Å². The minimum atomic E-state index is -1.03. The van der Waals surface area contributed by atoms with E-state index in [2.05, 4.69) is 4.98 Å². The zero-order valence-corrected chi connectivity index (χ0v) is 13.9. The normalized spacial score (nSPS) is 10.9. The fourth-order valence-electron chi connectivity index (χ4n) is 2.62. The van der Waals surface area contributed by atoms with Gasteiger partial charge in [-0.2, -0.15) is 0 Å². The minimum Gasteiger partial charge on any atom is -0.488 e. The standard InChI is InChI=1S/C19H14N2O3S/c22-18(23)15-10-21-16(12-25-19(21)20-15)14-8-4-5-9-17(14)24-11-13-6-2-1-3-7-13/h1-10,12H,11H2,(H,22,23). The number of nitrogens with zero attached hydrogens (tertiary/aromatic N) is 2. The number of carboxylic acid groups (broad SMARTS) is 1. The molecule has 0 spiro atoms. The van der Waals surface area contributed by atoms with Gasteiger partial charge >= 0.3 is 5.97 Å². The first kappa shape index (κ1) is 15.4. The number of fused-ring (bicyclic) bond motifs is 1. The van der Waals surface area contributed by atoms with Crippen molar-refractivity contribution in [2.24, 2.45) is 0 Å². The predicted octanol–water partition coefficient (Wildman–Crippen LogP) is 4.34. The van der Waals surface area contributed by atoms with Crippen LogP contribution in [-0.4, -0.2) is 20.5 Å². The first-order chi connectivity index (χ1) is 12.2. The number of hydrogen-bond donors (Lipinski definition) is 1. The summed E-state index contributed by atoms with van der Waals surface area (Å²) >= 11 is 1.40. The Morgan fingerprint density at radius 2 is 1.88 bits per heavy atom. The third-order valence-corrected chi connectivity index (χ3v) is 4.67. The van der Waals surface area contributed by atoms with Crippen molar-refractivity contribution >= 4 is 22.3 Å². The number of imidazole rings is 1. The number of hydrogen-bond acceptors (Lipinski definition) is 4. The highest BCUT2D eigenvalue weighted by Gasteiger charge is 2.16. The van der Waals surface area contributed by atoms with Crippen molar-refractivity contribution in [3.63, 3.8) is 0 Å². The van der Waals surface area contributed by atoms with Crippen molar-refractivity contribution < 1.29 is 14.6 Å². The fourth-order valence-corrected chi connectivity index (χ4v) is 3.49. The topological polar surface area (TPSA) is 63.8 Å². The average Bonchev–Trinajstić information content (AvgIpc) is 3.22. The molecule has 0 aliphatic carbocycles. The second kappa shape index (κ2) is 6.41. The van der Waals surface area contributed by atoms with Gasteiger partial charge in [-0.3, -0.25) is 4.40 Å². The third kappa shape index (κ3) is 2.99. The van der Waals surface area contributed by atoms with Crippen molar-refractivity contribution in [3.05, 3.63) is 77.4 Å². The largest absolute Gasteiger partial charge is 0.488 e. The lowest BCUT2D eigenvalue weighted by atomic mass is 10.1. The van der Waals surface area contributed by atoms with Gasteiger partial charge in [0, 0.05) is 17.1 Å². The number of para-hydroxylation sites is 1. The third-order valence-electron chi connectivity index (χ3n) is 3.83. The van der Waals surface area contributed by atoms with E-state index in [9.17, 15) is 4.79 Å². The highest BCUT2D eigenvalue weighted by Crippen LogP contribution is 2.33. The number of aromatic nitrogens is 2. The van der Waals surface area contributed by atoms with Gasteiger partial charge in [-0.25, -0.2) is 9.78 Å². The van der Waals surface area contributed by atoms with Crippen LogP contribution in [0.25, 0.3) is 16.2 Å². The maximum absolute atomic E-state index is 11.1. The number of benzene rings is 2. The van der Waals surface area contributed by atoms with Gasteiger partial charge in [0.1, 0.15) is 12.4 Å². The number of thiazole rings is 1. The zero-order valence-electron chi connectivity index (χ0n) is 13.1. The summed E-state index contributed by atoms with van der Waals surface area (Å²) in [5.74, 6) is -0.285. The maximum atomic E-state index is 11.1. The van der Waals surface area contributed by atoms with E-state index in [1.165, 1.54) is 17.5 Å². The molecule has 124 valence electrons. The lowest BCUT2D eigenvalue weighted by Crippen LogP contribution is -1.98. The minimum absolute atomic E-state index is 0.0378. The summed E-state index contributed by atoms with van der Waals surface area (Å²) in [6, 6.07) is 17.7. The van der Waals surface area contributed by atoms with Gasteiger partial charge in [0.2, 0.25) is 0 Å². The zero-order chi connectivity index (χ0) is 17.2. The predicted molar refractivity (Wildman–Crippen MR) is 96.2 cm³/mol. The Kier molecular flexibility index (Phi) is 3.95. The fraction of sp³-hybridized carbons (Fsp3) is 0.0526. The summed E-state index contributed by atoms with van der Waals surface area (Å²) in [6.07, 6.45) is 1.54. The summed E-state index contributed by atoms with van der Waals surface area (Å²) in [4.78, 5) is 15.9. The van der Waals surface area contributed by atoms with Crippen LogP contribution in [-0.2, 0) is 6.61 Å². The van der Waals surface area contributed by atoms with E-state index < -0.39 is 5.97 Å². The lowest BCUT2D eigenvalue weighted by Gasteiger charge is -2.11. The average molecular weight is 350 g/mol. The Bertz CT molecular complexity index is 1040. The molecule has 2 aromatic carbocycles. The molecular formula is C19H14N2O3S. The van der Waals surface area contributed by atoms with Gasteiger partial charge in [0.15, 0.2) is 10.7 Å². The molecule has 0 aliphatic heterocycles. The monoisotopic (exact) mass is 350 g/mol. The highest BCUT2D eigenvalue weighted by atomic mass is 32.1. The molecule has 4 aromatic rings. The Morgan fingerprint density at radius 1 is 1.12 bits per heavy atom. The summed E-state index contributed by atoms with van der Waals surface area (Å²) < 4.78 is 7.80. The van der Waals surface area contributed by atoms with Crippen LogP contribution in [0.1, 0.15) is 16.1 Å². The molecule has 0 radical (unpaired) electrons. The molecule has 6 heteroatoms. The van der Waals surface area contributed by atoms with E-state index in [0.717, 1.165) is 22.6 Å². The molecule has 1 N–H and O–H groups in total. The van der Waals surface area contributed by atoms with Gasteiger partial charge in [-0.15, -0.1) is 11.3 Å². The Labute approximate surface area is 147 Å². The van der Waals surface area contributed by atoms with Gasteiger partial charge in [-0.1, -0.05) is 42.5 Å². The van der Waals surface area contributed by atoms with Crippen molar-refractivity contribution in [2.75, 3.05) is 0 Å². The van der Waals surface area contributed by atoms with Gasteiger partial charge < -0.3 is 9.84 Å². The molecule has 0 saturated carbocycles. The lowest BCUT2D eigenvalue weighted by molar-refractivity contribution is 0.0691. The molecule has 25 heavy (non-hydrogen) atoms. The quantitative estimate of drug-likeness (QED) is 0.581. The molecule has 4 rings (SSSR count). The van der Waals surface area contributed by atoms with Crippen molar-refractivity contribution in [1.29, 1.82) is 0 Å². The van der Waals surface area contributed by atoms with Crippen LogP contribution < -0.4 is 4.74 Å². The molecule has 2 heterocycles. The van der Waals surface area contributed by atoms with Crippen molar-refractivity contribution in [3.8, 4) is 17.0 Å². The molecule has 0 aliphatic rings. The molecule has 0 amide bonds. The highest BCUT2D eigenvalue weighted by molar-refractivity contribution is 7.15. The van der Waals surface area contributed by atoms with Crippen LogP contribution in [0.5, 0.6) is 5.75 Å². The van der Waals surface area contributed by atoms with E-state index in [0.29, 0.717) is 11.6 Å². The van der Waals surface area contributed by atoms with Crippen LogP contribution in [0.3, 0.4) is 0 Å². The van der Waals surface area contributed by atoms with Crippen molar-refractivity contribution in [2.45, 2.75) is 6.61 Å². The van der Waals surface area contributed by atoms with Gasteiger partial charge in [0.25, 0.3) is 0 Å². The maximum Gasteiger partial charge on any atom is 0.356 e. The molecular weight excluding hydrogens is 336 g/mol. The Hall–Kier alpha value is -3.12. The van der Waals surface area contributed by atoms with Crippen LogP contribution in [0.2, 0.25) is 0 Å². The molecule has 0 bridgehead atoms. The molecule has 0 atom stereocenters. The van der Waals surface area contributed by atoms with E-state index in [1.807, 2.05) is 60.0 Å². The summed E-state index contributed by atoms with van der Waals surface area (Å²) in [7, 11) is 0. The van der Waals surface area contributed by atoms with Crippen LogP contribution in [0.4, 0.5) is 0 Å². The number of ether oxygens (including phenoxy) is 1. The van der Waals surface area contributed by atoms with E-state index >= 15 is 0 Å². The first-order valence-electron chi connectivity index (χ1n) is 7.68. The molecule has 2 aromatic heterocycles. The number of carboxylic acids is 1. The second-order valence-corrected chi connectivity index (χ2v) is 6.31. The van der Waals surface area contributed by atoms with Gasteiger partial charge in [0.05, 0.1) is 5.69 Å². The van der Waals surface area contributed by atoms with Crippen LogP contribution in [0.15, 0.2) is 66.2 Å².